The first kappa shape index (κ1) is 11.9. The van der Waals surface area contributed by atoms with Gasteiger partial charge in [-0.1, -0.05) is 0 Å². The minimum atomic E-state index is -0.284. The molecular weight excluding hydrogens is 242 g/mol. The second-order valence-corrected chi connectivity index (χ2v) is 4.81. The van der Waals surface area contributed by atoms with Gasteiger partial charge in [-0.25, -0.2) is 0 Å². The summed E-state index contributed by atoms with van der Waals surface area (Å²) in [4.78, 5) is 17.5. The molecule has 5 nitrogen and oxygen atoms in total. The van der Waals surface area contributed by atoms with Gasteiger partial charge >= 0.3 is 5.69 Å². The standard InChI is InChI=1S/C14H15N3O2/c18-17(19)14-11-5-4-8-15-12(11)6-7-13(14)16-9-2-1-3-10-16/h4-8H,1-3,9-10H2. The minimum Gasteiger partial charge on any atom is -0.366 e. The van der Waals surface area contributed by atoms with Crippen molar-refractivity contribution in [3.05, 3.63) is 40.6 Å². The van der Waals surface area contributed by atoms with E-state index >= 15 is 0 Å². The average Bonchev–Trinajstić information content (AvgIpc) is 2.46. The number of rotatable bonds is 2. The van der Waals surface area contributed by atoms with Crippen molar-refractivity contribution in [2.75, 3.05) is 18.0 Å². The van der Waals surface area contributed by atoms with E-state index in [0.717, 1.165) is 31.6 Å². The molecular formula is C14H15N3O2. The van der Waals surface area contributed by atoms with E-state index in [4.69, 9.17) is 0 Å². The topological polar surface area (TPSA) is 59.3 Å². The third-order valence-corrected chi connectivity index (χ3v) is 3.61. The van der Waals surface area contributed by atoms with E-state index in [-0.39, 0.29) is 10.6 Å². The molecule has 0 bridgehead atoms. The van der Waals surface area contributed by atoms with Crippen molar-refractivity contribution in [1.29, 1.82) is 0 Å². The Morgan fingerprint density at radius 3 is 2.68 bits per heavy atom. The SMILES string of the molecule is O=[N+]([O-])c1c(N2CCCCC2)ccc2ncccc12. The van der Waals surface area contributed by atoms with Crippen LogP contribution in [0.15, 0.2) is 30.5 Å². The number of nitro groups is 1. The van der Waals surface area contributed by atoms with E-state index in [9.17, 15) is 10.1 Å². The molecule has 3 rings (SSSR count). The molecule has 0 atom stereocenters. The van der Waals surface area contributed by atoms with Crippen molar-refractivity contribution in [2.45, 2.75) is 19.3 Å². The molecule has 0 N–H and O–H groups in total. The third kappa shape index (κ3) is 2.12. The van der Waals surface area contributed by atoms with Crippen LogP contribution in [0.2, 0.25) is 0 Å². The van der Waals surface area contributed by atoms with Crippen LogP contribution in [0.25, 0.3) is 10.9 Å². The van der Waals surface area contributed by atoms with E-state index in [1.54, 1.807) is 18.3 Å². The number of aromatic nitrogens is 1. The maximum absolute atomic E-state index is 11.4. The average molecular weight is 257 g/mol. The van der Waals surface area contributed by atoms with Crippen LogP contribution in [-0.4, -0.2) is 23.0 Å². The van der Waals surface area contributed by atoms with Gasteiger partial charge in [0.15, 0.2) is 0 Å². The molecule has 0 unspecified atom stereocenters. The van der Waals surface area contributed by atoms with Gasteiger partial charge in [0, 0.05) is 19.3 Å². The summed E-state index contributed by atoms with van der Waals surface area (Å²) >= 11 is 0. The van der Waals surface area contributed by atoms with Crippen LogP contribution in [0.4, 0.5) is 11.4 Å². The lowest BCUT2D eigenvalue weighted by molar-refractivity contribution is -0.382. The first-order valence-electron chi connectivity index (χ1n) is 6.54. The van der Waals surface area contributed by atoms with Crippen molar-refractivity contribution in [3.8, 4) is 0 Å². The third-order valence-electron chi connectivity index (χ3n) is 3.61. The lowest BCUT2D eigenvalue weighted by atomic mass is 10.1. The minimum absolute atomic E-state index is 0.188. The van der Waals surface area contributed by atoms with Gasteiger partial charge in [-0.05, 0) is 43.5 Å². The maximum atomic E-state index is 11.4. The zero-order valence-corrected chi connectivity index (χ0v) is 10.6. The maximum Gasteiger partial charge on any atom is 0.301 e. The Kier molecular flexibility index (Phi) is 3.03. The molecule has 1 aliphatic heterocycles. The molecule has 0 amide bonds. The lowest BCUT2D eigenvalue weighted by Crippen LogP contribution is -2.29. The molecule has 0 spiro atoms. The van der Waals surface area contributed by atoms with E-state index in [2.05, 4.69) is 9.88 Å². The van der Waals surface area contributed by atoms with Crippen LogP contribution in [0, 0.1) is 10.1 Å². The van der Waals surface area contributed by atoms with E-state index in [1.807, 2.05) is 12.1 Å². The van der Waals surface area contributed by atoms with E-state index in [1.165, 1.54) is 6.42 Å². The van der Waals surface area contributed by atoms with Crippen LogP contribution in [-0.2, 0) is 0 Å². The summed E-state index contributed by atoms with van der Waals surface area (Å²) in [5, 5.41) is 12.1. The summed E-state index contributed by atoms with van der Waals surface area (Å²) in [6, 6.07) is 7.22. The first-order chi connectivity index (χ1) is 9.27. The first-order valence-corrected chi connectivity index (χ1v) is 6.54. The molecule has 1 saturated heterocycles. The molecule has 0 radical (unpaired) electrons. The number of fused-ring (bicyclic) bond motifs is 1. The van der Waals surface area contributed by atoms with Gasteiger partial charge in [0.1, 0.15) is 5.69 Å². The van der Waals surface area contributed by atoms with Gasteiger partial charge in [-0.2, -0.15) is 0 Å². The van der Waals surface area contributed by atoms with Crippen LogP contribution < -0.4 is 4.90 Å². The highest BCUT2D eigenvalue weighted by atomic mass is 16.6. The fourth-order valence-electron chi connectivity index (χ4n) is 2.71. The highest BCUT2D eigenvalue weighted by Crippen LogP contribution is 2.36. The van der Waals surface area contributed by atoms with Crippen molar-refractivity contribution < 1.29 is 4.92 Å². The molecule has 1 fully saturated rings. The normalized spacial score (nSPS) is 15.7. The highest BCUT2D eigenvalue weighted by Gasteiger charge is 2.24. The monoisotopic (exact) mass is 257 g/mol. The number of hydrogen-bond acceptors (Lipinski definition) is 4. The van der Waals surface area contributed by atoms with Gasteiger partial charge in [-0.3, -0.25) is 15.1 Å². The lowest BCUT2D eigenvalue weighted by Gasteiger charge is -2.28. The second-order valence-electron chi connectivity index (χ2n) is 4.81. The number of nitro benzene ring substituents is 1. The smallest absolute Gasteiger partial charge is 0.301 e. The van der Waals surface area contributed by atoms with Gasteiger partial charge in [0.25, 0.3) is 0 Å². The molecule has 98 valence electrons. The molecule has 19 heavy (non-hydrogen) atoms. The molecule has 0 saturated carbocycles. The Hall–Kier alpha value is -2.17. The van der Waals surface area contributed by atoms with E-state index < -0.39 is 0 Å². The van der Waals surface area contributed by atoms with Crippen LogP contribution in [0.1, 0.15) is 19.3 Å². The number of pyridine rings is 1. The molecule has 5 heteroatoms. The number of hydrogen-bond donors (Lipinski definition) is 0. The number of anilines is 1. The predicted molar refractivity (Wildman–Crippen MR) is 74.5 cm³/mol. The molecule has 1 aromatic heterocycles. The van der Waals surface area contributed by atoms with Gasteiger partial charge < -0.3 is 4.90 Å². The Balaban J connectivity index is 2.18. The fourth-order valence-corrected chi connectivity index (χ4v) is 2.71. The number of nitrogens with zero attached hydrogens (tertiary/aromatic N) is 3. The fraction of sp³-hybridized carbons (Fsp3) is 0.357. The summed E-state index contributed by atoms with van der Waals surface area (Å²) in [5.74, 6) is 0. The number of piperidine rings is 1. The predicted octanol–water partition coefficient (Wildman–Crippen LogP) is 3.13. The van der Waals surface area contributed by atoms with Crippen LogP contribution >= 0.6 is 0 Å². The largest absolute Gasteiger partial charge is 0.366 e. The Labute approximate surface area is 111 Å². The summed E-state index contributed by atoms with van der Waals surface area (Å²) in [6.45, 7) is 1.79. The second kappa shape index (κ2) is 4.84. The van der Waals surface area contributed by atoms with Gasteiger partial charge in [0.05, 0.1) is 15.8 Å². The van der Waals surface area contributed by atoms with Crippen LogP contribution in [0.3, 0.4) is 0 Å². The highest BCUT2D eigenvalue weighted by molar-refractivity contribution is 5.94. The Morgan fingerprint density at radius 1 is 1.16 bits per heavy atom. The quantitative estimate of drug-likeness (QED) is 0.612. The van der Waals surface area contributed by atoms with Gasteiger partial charge in [0.2, 0.25) is 0 Å². The summed E-state index contributed by atoms with van der Waals surface area (Å²) in [5.41, 5.74) is 1.59. The van der Waals surface area contributed by atoms with Gasteiger partial charge in [-0.15, -0.1) is 0 Å². The summed E-state index contributed by atoms with van der Waals surface area (Å²) in [7, 11) is 0. The van der Waals surface area contributed by atoms with Crippen LogP contribution in [0.5, 0.6) is 0 Å². The summed E-state index contributed by atoms with van der Waals surface area (Å²) in [6.07, 6.45) is 5.07. The van der Waals surface area contributed by atoms with Crippen molar-refractivity contribution in [3.63, 3.8) is 0 Å². The Morgan fingerprint density at radius 2 is 1.95 bits per heavy atom. The molecule has 1 aliphatic rings. The molecule has 2 heterocycles. The van der Waals surface area contributed by atoms with Crippen molar-refractivity contribution in [2.24, 2.45) is 0 Å². The van der Waals surface area contributed by atoms with Crippen molar-refractivity contribution in [1.82, 2.24) is 4.98 Å². The van der Waals surface area contributed by atoms with E-state index in [0.29, 0.717) is 10.9 Å². The molecule has 2 aromatic rings. The van der Waals surface area contributed by atoms with Crippen molar-refractivity contribution >= 4 is 22.3 Å². The molecule has 1 aromatic carbocycles. The zero-order chi connectivity index (χ0) is 13.2. The Bertz CT molecular complexity index is 621. The summed E-state index contributed by atoms with van der Waals surface area (Å²) < 4.78 is 0. The number of benzene rings is 1. The molecule has 0 aliphatic carbocycles. The zero-order valence-electron chi connectivity index (χ0n) is 10.6.